The van der Waals surface area contributed by atoms with E-state index in [1.807, 2.05) is 0 Å². The van der Waals surface area contributed by atoms with Crippen LogP contribution < -0.4 is 21.5 Å². The molecule has 1 unspecified atom stereocenters. The van der Waals surface area contributed by atoms with Crippen molar-refractivity contribution in [2.45, 2.75) is 19.4 Å². The van der Waals surface area contributed by atoms with Crippen molar-refractivity contribution in [2.24, 2.45) is 5.84 Å². The van der Waals surface area contributed by atoms with Gasteiger partial charge in [0.05, 0.1) is 25.9 Å². The maximum Gasteiger partial charge on any atom is 0.243 e. The smallest absolute Gasteiger partial charge is 0.243 e. The highest BCUT2D eigenvalue weighted by molar-refractivity contribution is 5.44. The van der Waals surface area contributed by atoms with Crippen LogP contribution in [0, 0.1) is 0 Å². The minimum absolute atomic E-state index is 0.139. The molecule has 1 aliphatic rings. The first-order valence-electron chi connectivity index (χ1n) is 7.07. The molecule has 0 bridgehead atoms. The summed E-state index contributed by atoms with van der Waals surface area (Å²) in [5, 5.41) is 3.24. The van der Waals surface area contributed by atoms with Gasteiger partial charge in [0.15, 0.2) is 0 Å². The monoisotopic (exact) mass is 297 g/mol. The van der Waals surface area contributed by atoms with Crippen LogP contribution in [0.3, 0.4) is 0 Å². The van der Waals surface area contributed by atoms with Gasteiger partial charge in [0.25, 0.3) is 0 Å². The number of nitrogen functional groups attached to an aromatic ring is 1. The molecular formula is C12H23N7O2. The van der Waals surface area contributed by atoms with E-state index >= 15 is 0 Å². The minimum atomic E-state index is 0.139. The van der Waals surface area contributed by atoms with Crippen molar-refractivity contribution in [1.82, 2.24) is 15.0 Å². The van der Waals surface area contributed by atoms with Crippen molar-refractivity contribution in [3.8, 4) is 0 Å². The van der Waals surface area contributed by atoms with Crippen LogP contribution in [-0.2, 0) is 9.47 Å². The van der Waals surface area contributed by atoms with Gasteiger partial charge in [-0.2, -0.15) is 15.0 Å². The Labute approximate surface area is 124 Å². The first kappa shape index (κ1) is 15.7. The highest BCUT2D eigenvalue weighted by Crippen LogP contribution is 2.15. The van der Waals surface area contributed by atoms with E-state index in [1.165, 1.54) is 0 Å². The molecule has 0 amide bonds. The van der Waals surface area contributed by atoms with E-state index in [2.05, 4.69) is 37.5 Å². The highest BCUT2D eigenvalue weighted by atomic mass is 16.5. The molecule has 118 valence electrons. The lowest BCUT2D eigenvalue weighted by atomic mass is 10.2. The SMILES string of the molecule is CCC(COC)Nc1nc(NN)nc(N2CCOCC2)n1. The fraction of sp³-hybridized carbons (Fsp3) is 0.750. The molecule has 1 fully saturated rings. The molecule has 0 saturated carbocycles. The number of anilines is 3. The van der Waals surface area contributed by atoms with Crippen molar-refractivity contribution in [3.05, 3.63) is 0 Å². The van der Waals surface area contributed by atoms with Crippen molar-refractivity contribution >= 4 is 17.8 Å². The van der Waals surface area contributed by atoms with Crippen LogP contribution in [0.25, 0.3) is 0 Å². The van der Waals surface area contributed by atoms with E-state index in [-0.39, 0.29) is 6.04 Å². The number of hydrazine groups is 1. The molecule has 21 heavy (non-hydrogen) atoms. The molecule has 4 N–H and O–H groups in total. The molecule has 2 heterocycles. The Morgan fingerprint density at radius 3 is 2.62 bits per heavy atom. The molecule has 9 heteroatoms. The Morgan fingerprint density at radius 1 is 1.29 bits per heavy atom. The Bertz CT molecular complexity index is 440. The van der Waals surface area contributed by atoms with Gasteiger partial charge in [-0.3, -0.25) is 5.43 Å². The van der Waals surface area contributed by atoms with Crippen LogP contribution >= 0.6 is 0 Å². The number of morpholine rings is 1. The lowest BCUT2D eigenvalue weighted by Gasteiger charge is -2.27. The van der Waals surface area contributed by atoms with Gasteiger partial charge in [-0.05, 0) is 6.42 Å². The third kappa shape index (κ3) is 4.38. The zero-order chi connectivity index (χ0) is 15.1. The average Bonchev–Trinajstić information content (AvgIpc) is 2.55. The number of hydrogen-bond donors (Lipinski definition) is 3. The van der Waals surface area contributed by atoms with Crippen LogP contribution in [-0.4, -0.2) is 61.0 Å². The molecule has 0 aromatic carbocycles. The van der Waals surface area contributed by atoms with E-state index in [9.17, 15) is 0 Å². The quantitative estimate of drug-likeness (QED) is 0.466. The molecule has 2 rings (SSSR count). The summed E-state index contributed by atoms with van der Waals surface area (Å²) in [4.78, 5) is 15.0. The Hall–Kier alpha value is -1.71. The van der Waals surface area contributed by atoms with Gasteiger partial charge in [0.2, 0.25) is 17.8 Å². The largest absolute Gasteiger partial charge is 0.383 e. The van der Waals surface area contributed by atoms with Gasteiger partial charge in [-0.15, -0.1) is 0 Å². The lowest BCUT2D eigenvalue weighted by Crippen LogP contribution is -2.38. The van der Waals surface area contributed by atoms with Gasteiger partial charge >= 0.3 is 0 Å². The lowest BCUT2D eigenvalue weighted by molar-refractivity contribution is 0.122. The average molecular weight is 297 g/mol. The maximum absolute atomic E-state index is 5.44. The number of nitrogens with zero attached hydrogens (tertiary/aromatic N) is 4. The van der Waals surface area contributed by atoms with Crippen LogP contribution in [0.5, 0.6) is 0 Å². The second-order valence-electron chi connectivity index (χ2n) is 4.73. The summed E-state index contributed by atoms with van der Waals surface area (Å²) < 4.78 is 10.5. The van der Waals surface area contributed by atoms with Crippen molar-refractivity contribution in [1.29, 1.82) is 0 Å². The van der Waals surface area contributed by atoms with Crippen LogP contribution in [0.2, 0.25) is 0 Å². The van der Waals surface area contributed by atoms with Crippen LogP contribution in [0.1, 0.15) is 13.3 Å². The fourth-order valence-electron chi connectivity index (χ4n) is 2.04. The first-order valence-corrected chi connectivity index (χ1v) is 7.07. The molecule has 1 aromatic rings. The third-order valence-electron chi connectivity index (χ3n) is 3.24. The first-order chi connectivity index (χ1) is 10.3. The van der Waals surface area contributed by atoms with E-state index in [0.29, 0.717) is 37.7 Å². The normalized spacial score (nSPS) is 16.6. The number of aromatic nitrogens is 3. The third-order valence-corrected chi connectivity index (χ3v) is 3.24. The van der Waals surface area contributed by atoms with Crippen molar-refractivity contribution < 1.29 is 9.47 Å². The van der Waals surface area contributed by atoms with Gasteiger partial charge < -0.3 is 19.7 Å². The van der Waals surface area contributed by atoms with Gasteiger partial charge in [-0.25, -0.2) is 5.84 Å². The Morgan fingerprint density at radius 2 is 2.00 bits per heavy atom. The number of methoxy groups -OCH3 is 1. The summed E-state index contributed by atoms with van der Waals surface area (Å²) in [5.41, 5.74) is 2.48. The summed E-state index contributed by atoms with van der Waals surface area (Å²) in [6.45, 7) is 5.50. The van der Waals surface area contributed by atoms with E-state index in [4.69, 9.17) is 15.3 Å². The van der Waals surface area contributed by atoms with E-state index in [0.717, 1.165) is 19.5 Å². The predicted octanol–water partition coefficient (Wildman–Crippen LogP) is -0.169. The van der Waals surface area contributed by atoms with Gasteiger partial charge in [0, 0.05) is 20.2 Å². The molecule has 9 nitrogen and oxygen atoms in total. The minimum Gasteiger partial charge on any atom is -0.383 e. The number of ether oxygens (including phenoxy) is 2. The summed E-state index contributed by atoms with van der Waals surface area (Å²) in [6.07, 6.45) is 0.901. The fourth-order valence-corrected chi connectivity index (χ4v) is 2.04. The second kappa shape index (κ2) is 7.91. The summed E-state index contributed by atoms with van der Waals surface area (Å²) in [6, 6.07) is 0.139. The van der Waals surface area contributed by atoms with Crippen LogP contribution in [0.4, 0.5) is 17.8 Å². The zero-order valence-electron chi connectivity index (χ0n) is 12.5. The van der Waals surface area contributed by atoms with Gasteiger partial charge in [0.1, 0.15) is 0 Å². The maximum atomic E-state index is 5.44. The number of nitrogens with one attached hydrogen (secondary N) is 2. The second-order valence-corrected chi connectivity index (χ2v) is 4.73. The molecule has 0 spiro atoms. The summed E-state index contributed by atoms with van der Waals surface area (Å²) >= 11 is 0. The number of rotatable bonds is 7. The van der Waals surface area contributed by atoms with E-state index < -0.39 is 0 Å². The summed E-state index contributed by atoms with van der Waals surface area (Å²) in [7, 11) is 1.67. The van der Waals surface area contributed by atoms with Crippen LogP contribution in [0.15, 0.2) is 0 Å². The molecule has 1 atom stereocenters. The highest BCUT2D eigenvalue weighted by Gasteiger charge is 2.17. The molecule has 0 radical (unpaired) electrons. The topological polar surface area (TPSA) is 110 Å². The van der Waals surface area contributed by atoms with Crippen molar-refractivity contribution in [3.63, 3.8) is 0 Å². The Kier molecular flexibility index (Phi) is 5.90. The molecule has 1 aromatic heterocycles. The predicted molar refractivity (Wildman–Crippen MR) is 80.2 cm³/mol. The molecular weight excluding hydrogens is 274 g/mol. The van der Waals surface area contributed by atoms with Gasteiger partial charge in [-0.1, -0.05) is 6.92 Å². The molecule has 1 aliphatic heterocycles. The molecule has 1 saturated heterocycles. The van der Waals surface area contributed by atoms with E-state index in [1.54, 1.807) is 7.11 Å². The van der Waals surface area contributed by atoms with Crippen molar-refractivity contribution in [2.75, 3.05) is 55.7 Å². The summed E-state index contributed by atoms with van der Waals surface area (Å²) in [5.74, 6) is 6.86. The number of nitrogens with two attached hydrogens (primary N) is 1. The Balaban J connectivity index is 2.16. The zero-order valence-corrected chi connectivity index (χ0v) is 12.5. The number of hydrogen-bond acceptors (Lipinski definition) is 9. The molecule has 0 aliphatic carbocycles. The standard InChI is InChI=1S/C12H23N7O2/c1-3-9(8-20-2)14-10-15-11(18-13)17-12(16-10)19-4-6-21-7-5-19/h9H,3-8,13H2,1-2H3,(H2,14,15,16,17,18).